The Morgan fingerprint density at radius 3 is 2.57 bits per heavy atom. The van der Waals surface area contributed by atoms with Crippen LogP contribution < -0.4 is 5.73 Å². The Labute approximate surface area is 42.0 Å². The van der Waals surface area contributed by atoms with Crippen molar-refractivity contribution in [2.75, 3.05) is 6.61 Å². The number of hydrogen-bond acceptors (Lipinski definition) is 3. The highest BCUT2D eigenvalue weighted by Gasteiger charge is 2.06. The van der Waals surface area contributed by atoms with E-state index in [1.165, 1.54) is 0 Å². The number of carboxylic acids is 1. The maximum atomic E-state index is 9.78. The number of aliphatic carboxylic acids is 1. The standard InChI is InChI=1S/C3H7NO3/c4-2(1-5)3(6)7/h2,5H,1,4H2,(H,6,7)/t2-/m0/s1/i2D. The first-order chi connectivity index (χ1) is 3.50. The highest BCUT2D eigenvalue weighted by atomic mass is 16.4. The van der Waals surface area contributed by atoms with Gasteiger partial charge in [0, 0.05) is 0 Å². The molecule has 0 aliphatic heterocycles. The fourth-order valence-electron chi connectivity index (χ4n) is 0.0676. The quantitative estimate of drug-likeness (QED) is 0.395. The molecule has 7 heavy (non-hydrogen) atoms. The minimum absolute atomic E-state index is 0.873. The maximum absolute atomic E-state index is 9.78. The van der Waals surface area contributed by atoms with Crippen LogP contribution in [-0.4, -0.2) is 28.8 Å². The average Bonchev–Trinajstić information content (AvgIpc) is 1.67. The zero-order chi connectivity index (χ0) is 6.78. The van der Waals surface area contributed by atoms with Crippen LogP contribution in [0.1, 0.15) is 1.37 Å². The Morgan fingerprint density at radius 2 is 2.57 bits per heavy atom. The van der Waals surface area contributed by atoms with Gasteiger partial charge in [-0.2, -0.15) is 0 Å². The molecule has 0 aliphatic carbocycles. The van der Waals surface area contributed by atoms with Gasteiger partial charge >= 0.3 is 5.97 Å². The van der Waals surface area contributed by atoms with Crippen LogP contribution in [0, 0.1) is 0 Å². The number of hydrogen-bond donors (Lipinski definition) is 3. The molecule has 0 unspecified atom stereocenters. The van der Waals surface area contributed by atoms with Crippen molar-refractivity contribution in [3.8, 4) is 0 Å². The molecule has 4 nitrogen and oxygen atoms in total. The molecule has 1 atom stereocenters. The summed E-state index contributed by atoms with van der Waals surface area (Å²) in [6.45, 7) is -0.873. The van der Waals surface area contributed by atoms with Crippen molar-refractivity contribution in [1.82, 2.24) is 0 Å². The van der Waals surface area contributed by atoms with E-state index in [4.69, 9.17) is 11.6 Å². The fraction of sp³-hybridized carbons (Fsp3) is 0.667. The van der Waals surface area contributed by atoms with Crippen molar-refractivity contribution in [2.24, 2.45) is 5.73 Å². The van der Waals surface area contributed by atoms with Crippen molar-refractivity contribution in [1.29, 1.82) is 0 Å². The number of aliphatic hydroxyl groups is 1. The first-order valence-corrected chi connectivity index (χ1v) is 1.64. The summed E-state index contributed by atoms with van der Waals surface area (Å²) in [5, 5.41) is 16.0. The summed E-state index contributed by atoms with van der Waals surface area (Å²) >= 11 is 0. The van der Waals surface area contributed by atoms with E-state index >= 15 is 0 Å². The number of nitrogens with two attached hydrogens (primary N) is 1. The maximum Gasteiger partial charge on any atom is 0.322 e. The van der Waals surface area contributed by atoms with Crippen LogP contribution in [0.5, 0.6) is 0 Å². The van der Waals surface area contributed by atoms with Crippen molar-refractivity contribution in [3.05, 3.63) is 0 Å². The second-order valence-electron chi connectivity index (χ2n) is 0.989. The summed E-state index contributed by atoms with van der Waals surface area (Å²) in [5.74, 6) is -1.53. The van der Waals surface area contributed by atoms with Crippen molar-refractivity contribution >= 4 is 5.97 Å². The summed E-state index contributed by atoms with van der Waals surface area (Å²) in [5.41, 5.74) is 4.68. The summed E-state index contributed by atoms with van der Waals surface area (Å²) < 4.78 is 6.56. The van der Waals surface area contributed by atoms with Gasteiger partial charge in [0.1, 0.15) is 6.02 Å². The lowest BCUT2D eigenvalue weighted by atomic mass is 10.3. The molecule has 0 heterocycles. The molecule has 42 valence electrons. The van der Waals surface area contributed by atoms with Gasteiger partial charge in [-0.25, -0.2) is 0 Å². The van der Waals surface area contributed by atoms with Crippen LogP contribution in [-0.2, 0) is 4.79 Å². The smallest absolute Gasteiger partial charge is 0.322 e. The van der Waals surface area contributed by atoms with E-state index in [1.807, 2.05) is 0 Å². The minimum Gasteiger partial charge on any atom is -0.480 e. The third-order valence-electron chi connectivity index (χ3n) is 0.445. The van der Waals surface area contributed by atoms with Crippen molar-refractivity contribution in [2.45, 2.75) is 6.02 Å². The molecule has 4 N–H and O–H groups in total. The lowest BCUT2D eigenvalue weighted by Crippen LogP contribution is -2.33. The molecule has 4 heteroatoms. The molecule has 0 aromatic rings. The van der Waals surface area contributed by atoms with E-state index in [0.29, 0.717) is 0 Å². The molecule has 0 bridgehead atoms. The highest BCUT2D eigenvalue weighted by molar-refractivity contribution is 5.73. The lowest BCUT2D eigenvalue weighted by Gasteiger charge is -1.96. The van der Waals surface area contributed by atoms with Gasteiger partial charge in [-0.3, -0.25) is 4.79 Å². The van der Waals surface area contributed by atoms with Crippen LogP contribution in [0.3, 0.4) is 0 Å². The van der Waals surface area contributed by atoms with E-state index in [1.54, 1.807) is 0 Å². The molecule has 0 aliphatic rings. The summed E-state index contributed by atoms with van der Waals surface area (Å²) in [6, 6.07) is -2.24. The first kappa shape index (κ1) is 4.55. The van der Waals surface area contributed by atoms with Gasteiger partial charge in [0.25, 0.3) is 0 Å². The summed E-state index contributed by atoms with van der Waals surface area (Å²) in [6.07, 6.45) is 0. The van der Waals surface area contributed by atoms with Gasteiger partial charge in [-0.05, 0) is 0 Å². The zero-order valence-corrected chi connectivity index (χ0v) is 3.59. The van der Waals surface area contributed by atoms with Gasteiger partial charge in [0.2, 0.25) is 0 Å². The van der Waals surface area contributed by atoms with Gasteiger partial charge < -0.3 is 15.9 Å². The predicted octanol–water partition coefficient (Wildman–Crippen LogP) is -1.61. The average molecular weight is 106 g/mol. The molecule has 0 saturated heterocycles. The molecule has 0 fully saturated rings. The molecule has 0 saturated carbocycles. The van der Waals surface area contributed by atoms with E-state index < -0.39 is 18.6 Å². The predicted molar refractivity (Wildman–Crippen MR) is 22.7 cm³/mol. The number of carbonyl (C=O) groups is 1. The van der Waals surface area contributed by atoms with E-state index in [-0.39, 0.29) is 0 Å². The SMILES string of the molecule is [2H][C@](N)(CO)C(=O)O. The van der Waals surface area contributed by atoms with Gasteiger partial charge in [0.15, 0.2) is 0 Å². The van der Waals surface area contributed by atoms with Crippen LogP contribution in [0.15, 0.2) is 0 Å². The van der Waals surface area contributed by atoms with Crippen molar-refractivity contribution in [3.63, 3.8) is 0 Å². The second-order valence-corrected chi connectivity index (χ2v) is 0.989. The molecule has 0 spiro atoms. The summed E-state index contributed by atoms with van der Waals surface area (Å²) in [4.78, 5) is 9.78. The second kappa shape index (κ2) is 2.54. The molecular weight excluding hydrogens is 98.0 g/mol. The highest BCUT2D eigenvalue weighted by Crippen LogP contribution is 1.71. The molecular formula is C3H7NO3. The molecule has 0 radical (unpaired) electrons. The van der Waals surface area contributed by atoms with Gasteiger partial charge in [0.05, 0.1) is 7.98 Å². The van der Waals surface area contributed by atoms with Crippen LogP contribution >= 0.6 is 0 Å². The molecule has 0 aromatic carbocycles. The normalized spacial score (nSPS) is 20.0. The number of aliphatic hydroxyl groups excluding tert-OH is 1. The Bertz CT molecular complexity index is 103. The first-order valence-electron chi connectivity index (χ1n) is 2.14. The Morgan fingerprint density at radius 1 is 2.14 bits per heavy atom. The van der Waals surface area contributed by atoms with E-state index in [2.05, 4.69) is 5.73 Å². The molecule has 0 aromatic heterocycles. The number of carboxylic acid groups (broad SMARTS) is 1. The molecule has 0 amide bonds. The topological polar surface area (TPSA) is 83.5 Å². The van der Waals surface area contributed by atoms with Gasteiger partial charge in [-0.1, -0.05) is 0 Å². The van der Waals surface area contributed by atoms with Crippen molar-refractivity contribution < 1.29 is 16.4 Å². The third-order valence-corrected chi connectivity index (χ3v) is 0.445. The number of rotatable bonds is 2. The Balaban J connectivity index is 3.91. The fourth-order valence-corrected chi connectivity index (χ4v) is 0.0676. The van der Waals surface area contributed by atoms with E-state index in [0.717, 1.165) is 0 Å². The Hall–Kier alpha value is -0.610. The lowest BCUT2D eigenvalue weighted by molar-refractivity contribution is -0.139. The van der Waals surface area contributed by atoms with Crippen LogP contribution in [0.2, 0.25) is 0 Å². The Kier molecular flexibility index (Phi) is 1.65. The largest absolute Gasteiger partial charge is 0.480 e. The summed E-state index contributed by atoms with van der Waals surface area (Å²) in [7, 11) is 0. The van der Waals surface area contributed by atoms with E-state index in [9.17, 15) is 4.79 Å². The van der Waals surface area contributed by atoms with Gasteiger partial charge in [-0.15, -0.1) is 0 Å². The molecule has 0 rings (SSSR count). The minimum atomic E-state index is -2.24. The van der Waals surface area contributed by atoms with Crippen LogP contribution in [0.25, 0.3) is 0 Å². The monoisotopic (exact) mass is 106 g/mol. The zero-order valence-electron chi connectivity index (χ0n) is 4.59. The van der Waals surface area contributed by atoms with Crippen LogP contribution in [0.4, 0.5) is 0 Å². The third kappa shape index (κ3) is 2.13.